The number of para-hydroxylation sites is 1. The van der Waals surface area contributed by atoms with E-state index >= 15 is 0 Å². The normalized spacial score (nSPS) is 33.4. The number of benzene rings is 1. The summed E-state index contributed by atoms with van der Waals surface area (Å²) in [6.45, 7) is 9.38. The highest BCUT2D eigenvalue weighted by molar-refractivity contribution is 8.02. The summed E-state index contributed by atoms with van der Waals surface area (Å²) in [5, 5.41) is 10.4. The maximum atomic E-state index is 14.5. The highest BCUT2D eigenvalue weighted by Crippen LogP contribution is 2.66. The lowest BCUT2D eigenvalue weighted by Crippen LogP contribution is -2.58. The van der Waals surface area contributed by atoms with Crippen molar-refractivity contribution in [3.63, 3.8) is 0 Å². The molecule has 0 saturated carbocycles. The molecule has 0 aliphatic carbocycles. The van der Waals surface area contributed by atoms with Crippen molar-refractivity contribution in [2.45, 2.75) is 62.1 Å². The predicted octanol–water partition coefficient (Wildman–Crippen LogP) is 3.49. The number of unbranched alkanes of at least 4 members (excludes halogenated alkanes) is 1. The quantitative estimate of drug-likeness (QED) is 0.539. The zero-order valence-electron chi connectivity index (χ0n) is 22.7. The van der Waals surface area contributed by atoms with Crippen molar-refractivity contribution in [3.8, 4) is 0 Å². The Morgan fingerprint density at radius 3 is 2.37 bits per heavy atom. The number of rotatable bonds is 7. The Morgan fingerprint density at radius 2 is 1.71 bits per heavy atom. The third-order valence-electron chi connectivity index (χ3n) is 8.74. The molecule has 8 heteroatoms. The molecule has 4 heterocycles. The van der Waals surface area contributed by atoms with E-state index in [1.54, 1.807) is 21.6 Å². The average Bonchev–Trinajstić information content (AvgIpc) is 3.16. The van der Waals surface area contributed by atoms with Crippen molar-refractivity contribution in [2.24, 2.45) is 17.8 Å². The fourth-order valence-electron chi connectivity index (χ4n) is 6.88. The monoisotopic (exact) mass is 537 g/mol. The first kappa shape index (κ1) is 27.0. The maximum Gasteiger partial charge on any atom is 0.247 e. The SMILES string of the molecule is CCCCN1CC=C[C@]23S[C@]4(C)C=CCN(c5ccccc5)C(=O)[C@@H]4[C@H]2C(=O)N([C@@H](CO)C(C)C)C3C1=O. The van der Waals surface area contributed by atoms with Gasteiger partial charge < -0.3 is 19.8 Å². The fourth-order valence-corrected chi connectivity index (χ4v) is 9.02. The third-order valence-corrected chi connectivity index (χ3v) is 10.5. The summed E-state index contributed by atoms with van der Waals surface area (Å²) in [4.78, 5) is 48.5. The first-order valence-electron chi connectivity index (χ1n) is 13.8. The molecular formula is C30H39N3O4S. The zero-order chi connectivity index (χ0) is 27.2. The molecule has 4 aliphatic rings. The van der Waals surface area contributed by atoms with Gasteiger partial charge in [0.25, 0.3) is 0 Å². The van der Waals surface area contributed by atoms with Gasteiger partial charge >= 0.3 is 0 Å². The van der Waals surface area contributed by atoms with E-state index in [4.69, 9.17) is 0 Å². The molecule has 2 saturated heterocycles. The van der Waals surface area contributed by atoms with Crippen molar-refractivity contribution in [3.05, 3.63) is 54.6 Å². The Labute approximate surface area is 229 Å². The number of hydrogen-bond donors (Lipinski definition) is 1. The number of carbonyl (C=O) groups excluding carboxylic acids is 3. The smallest absolute Gasteiger partial charge is 0.247 e. The minimum absolute atomic E-state index is 0.0501. The van der Waals surface area contributed by atoms with Crippen LogP contribution in [0.1, 0.15) is 40.5 Å². The summed E-state index contributed by atoms with van der Waals surface area (Å²) < 4.78 is -1.54. The number of likely N-dealkylation sites (tertiary alicyclic amines) is 1. The summed E-state index contributed by atoms with van der Waals surface area (Å²) in [5.74, 6) is -1.77. The van der Waals surface area contributed by atoms with Crippen LogP contribution in [0.2, 0.25) is 0 Å². The molecule has 38 heavy (non-hydrogen) atoms. The van der Waals surface area contributed by atoms with Crippen LogP contribution in [0.15, 0.2) is 54.6 Å². The third kappa shape index (κ3) is 4.02. The highest BCUT2D eigenvalue weighted by Gasteiger charge is 2.74. The molecule has 3 amide bonds. The number of aliphatic hydroxyl groups is 1. The van der Waals surface area contributed by atoms with Gasteiger partial charge in [0, 0.05) is 30.1 Å². The van der Waals surface area contributed by atoms with E-state index in [9.17, 15) is 19.5 Å². The molecule has 1 unspecified atom stereocenters. The van der Waals surface area contributed by atoms with Crippen LogP contribution in [0.5, 0.6) is 0 Å². The first-order valence-corrected chi connectivity index (χ1v) is 14.7. The number of nitrogens with zero attached hydrogens (tertiary/aromatic N) is 3. The van der Waals surface area contributed by atoms with Crippen LogP contribution in [0.3, 0.4) is 0 Å². The summed E-state index contributed by atoms with van der Waals surface area (Å²) in [7, 11) is 0. The highest BCUT2D eigenvalue weighted by atomic mass is 32.2. The van der Waals surface area contributed by atoms with Crippen LogP contribution < -0.4 is 4.90 Å². The second-order valence-electron chi connectivity index (χ2n) is 11.5. The van der Waals surface area contributed by atoms with E-state index < -0.39 is 33.4 Å². The Kier molecular flexibility index (Phi) is 7.24. The molecular weight excluding hydrogens is 498 g/mol. The van der Waals surface area contributed by atoms with Gasteiger partial charge in [-0.1, -0.05) is 69.7 Å². The van der Waals surface area contributed by atoms with Crippen LogP contribution >= 0.6 is 11.8 Å². The van der Waals surface area contributed by atoms with Gasteiger partial charge in [-0.15, -0.1) is 11.8 Å². The van der Waals surface area contributed by atoms with Crippen LogP contribution in [0, 0.1) is 17.8 Å². The van der Waals surface area contributed by atoms with Gasteiger partial charge in [-0.3, -0.25) is 14.4 Å². The number of carbonyl (C=O) groups is 3. The standard InChI is InChI=1S/C30H39N3O4S/c1-5-6-16-31-17-11-15-30-24(27(36)33(25(30)28(31)37)22(19-34)20(2)3)23-26(35)32(21-12-8-7-9-13-21)18-10-14-29(23,4)38-30/h7-15,20,22-25,34H,5-6,16-19H2,1-4H3/t22-,23-,24-,25?,29+,30-/m0/s1. The van der Waals surface area contributed by atoms with Gasteiger partial charge in [-0.05, 0) is 31.4 Å². The zero-order valence-corrected chi connectivity index (χ0v) is 23.6. The number of amides is 3. The Hall–Kier alpha value is -2.58. The van der Waals surface area contributed by atoms with E-state index in [-0.39, 0.29) is 30.2 Å². The van der Waals surface area contributed by atoms with E-state index in [0.29, 0.717) is 19.6 Å². The lowest BCUT2D eigenvalue weighted by atomic mass is 9.74. The lowest BCUT2D eigenvalue weighted by Gasteiger charge is -2.41. The molecule has 2 fully saturated rings. The van der Waals surface area contributed by atoms with Gasteiger partial charge in [-0.25, -0.2) is 0 Å². The number of aliphatic hydroxyl groups excluding tert-OH is 1. The molecule has 5 rings (SSSR count). The topological polar surface area (TPSA) is 81.2 Å². The van der Waals surface area contributed by atoms with Gasteiger partial charge in [0.15, 0.2) is 0 Å². The van der Waals surface area contributed by atoms with Crippen LogP contribution in [0.25, 0.3) is 0 Å². The van der Waals surface area contributed by atoms with Crippen LogP contribution in [-0.4, -0.2) is 80.4 Å². The molecule has 0 aromatic heterocycles. The number of fused-ring (bicyclic) bond motifs is 2. The van der Waals surface area contributed by atoms with Crippen molar-refractivity contribution in [1.29, 1.82) is 0 Å². The molecule has 4 aliphatic heterocycles. The van der Waals surface area contributed by atoms with E-state index in [0.717, 1.165) is 18.5 Å². The molecule has 6 atom stereocenters. The van der Waals surface area contributed by atoms with Crippen molar-refractivity contribution < 1.29 is 19.5 Å². The summed E-state index contributed by atoms with van der Waals surface area (Å²) in [6.07, 6.45) is 10.0. The predicted molar refractivity (Wildman–Crippen MR) is 151 cm³/mol. The Morgan fingerprint density at radius 1 is 1.00 bits per heavy atom. The number of anilines is 1. The average molecular weight is 538 g/mol. The largest absolute Gasteiger partial charge is 0.394 e. The van der Waals surface area contributed by atoms with Crippen LogP contribution in [-0.2, 0) is 14.4 Å². The molecule has 1 aromatic rings. The van der Waals surface area contributed by atoms with Gasteiger partial charge in [0.1, 0.15) is 6.04 Å². The molecule has 1 spiro atoms. The van der Waals surface area contributed by atoms with E-state index in [1.165, 1.54) is 0 Å². The summed E-state index contributed by atoms with van der Waals surface area (Å²) in [6, 6.07) is 8.29. The Bertz CT molecular complexity index is 1150. The fraction of sp³-hybridized carbons (Fsp3) is 0.567. The minimum Gasteiger partial charge on any atom is -0.394 e. The summed E-state index contributed by atoms with van der Waals surface area (Å²) in [5.41, 5.74) is 0.796. The minimum atomic E-state index is -0.892. The molecule has 1 aromatic carbocycles. The van der Waals surface area contributed by atoms with Crippen molar-refractivity contribution in [1.82, 2.24) is 9.80 Å². The van der Waals surface area contributed by atoms with Gasteiger partial charge in [-0.2, -0.15) is 0 Å². The van der Waals surface area contributed by atoms with Crippen LogP contribution in [0.4, 0.5) is 5.69 Å². The van der Waals surface area contributed by atoms with Crippen molar-refractivity contribution >= 4 is 35.2 Å². The van der Waals surface area contributed by atoms with E-state index in [1.807, 2.05) is 68.2 Å². The molecule has 0 bridgehead atoms. The van der Waals surface area contributed by atoms with Gasteiger partial charge in [0.2, 0.25) is 17.7 Å². The molecule has 7 nitrogen and oxygen atoms in total. The first-order chi connectivity index (χ1) is 18.2. The second-order valence-corrected chi connectivity index (χ2v) is 13.3. The van der Waals surface area contributed by atoms with E-state index in [2.05, 4.69) is 19.1 Å². The molecule has 204 valence electrons. The molecule has 1 N–H and O–H groups in total. The number of hydrogen-bond acceptors (Lipinski definition) is 5. The lowest BCUT2D eigenvalue weighted by molar-refractivity contribution is -0.146. The summed E-state index contributed by atoms with van der Waals surface area (Å²) >= 11 is 1.59. The Balaban J connectivity index is 1.65. The van der Waals surface area contributed by atoms with Crippen molar-refractivity contribution in [2.75, 3.05) is 31.1 Å². The number of thioether (sulfide) groups is 1. The molecule has 0 radical (unpaired) electrons. The second kappa shape index (κ2) is 10.2. The maximum absolute atomic E-state index is 14.5. The van der Waals surface area contributed by atoms with Gasteiger partial charge in [0.05, 0.1) is 29.2 Å².